The maximum absolute atomic E-state index is 12.8. The third kappa shape index (κ3) is 4.21. The van der Waals surface area contributed by atoms with E-state index in [0.29, 0.717) is 5.56 Å². The number of sulfone groups is 1. The van der Waals surface area contributed by atoms with Gasteiger partial charge >= 0.3 is 0 Å². The zero-order valence-corrected chi connectivity index (χ0v) is 16.6. The van der Waals surface area contributed by atoms with Crippen molar-refractivity contribution in [2.45, 2.75) is 30.7 Å². The Morgan fingerprint density at radius 1 is 1.21 bits per heavy atom. The number of imide groups is 2. The van der Waals surface area contributed by atoms with Crippen molar-refractivity contribution in [3.05, 3.63) is 34.9 Å². The van der Waals surface area contributed by atoms with Gasteiger partial charge in [0.2, 0.25) is 11.8 Å². The molecule has 2 unspecified atom stereocenters. The molecule has 0 spiro atoms. The average Bonchev–Trinajstić information content (AvgIpc) is 2.89. The van der Waals surface area contributed by atoms with Crippen LogP contribution in [0.4, 0.5) is 0 Å². The summed E-state index contributed by atoms with van der Waals surface area (Å²) in [7, 11) is -3.28. The predicted octanol–water partition coefficient (Wildman–Crippen LogP) is -1.45. The molecule has 2 aliphatic heterocycles. The van der Waals surface area contributed by atoms with Gasteiger partial charge in [0.25, 0.3) is 11.8 Å². The van der Waals surface area contributed by atoms with Crippen LogP contribution in [0.25, 0.3) is 0 Å². The Morgan fingerprint density at radius 2 is 1.90 bits per heavy atom. The largest absolute Gasteiger partial charge is 0.329 e. The molecule has 0 aliphatic carbocycles. The first-order valence-corrected chi connectivity index (χ1v) is 11.0. The molecular formula is C18H22N4O6S. The van der Waals surface area contributed by atoms with Crippen LogP contribution in [0.1, 0.15) is 39.1 Å². The summed E-state index contributed by atoms with van der Waals surface area (Å²) >= 11 is 0. The van der Waals surface area contributed by atoms with Gasteiger partial charge in [-0.05, 0) is 24.1 Å². The first-order chi connectivity index (χ1) is 13.6. The van der Waals surface area contributed by atoms with Crippen LogP contribution in [-0.2, 0) is 26.0 Å². The van der Waals surface area contributed by atoms with Crippen LogP contribution in [0.5, 0.6) is 0 Å². The second kappa shape index (κ2) is 8.01. The minimum absolute atomic E-state index is 0.01000. The highest BCUT2D eigenvalue weighted by Gasteiger charge is 2.44. The SMILES string of the molecule is CS(=O)(=O)C(CN)CNCc1ccc2c(c1)C(=O)N(C1CCC(=O)NC1=O)C2=O. The van der Waals surface area contributed by atoms with E-state index in [1.165, 1.54) is 6.07 Å². The Balaban J connectivity index is 1.72. The molecule has 0 aromatic heterocycles. The molecule has 1 saturated heterocycles. The second-order valence-corrected chi connectivity index (χ2v) is 9.47. The van der Waals surface area contributed by atoms with E-state index in [-0.39, 0.29) is 43.6 Å². The van der Waals surface area contributed by atoms with E-state index in [1.54, 1.807) is 12.1 Å². The maximum atomic E-state index is 12.8. The lowest BCUT2D eigenvalue weighted by Gasteiger charge is -2.27. The van der Waals surface area contributed by atoms with Crippen molar-refractivity contribution in [3.63, 3.8) is 0 Å². The van der Waals surface area contributed by atoms with Crippen LogP contribution in [0.3, 0.4) is 0 Å². The maximum Gasteiger partial charge on any atom is 0.262 e. The van der Waals surface area contributed by atoms with E-state index >= 15 is 0 Å². The number of carbonyl (C=O) groups is 4. The minimum Gasteiger partial charge on any atom is -0.329 e. The smallest absolute Gasteiger partial charge is 0.262 e. The summed E-state index contributed by atoms with van der Waals surface area (Å²) in [6.45, 7) is 0.421. The van der Waals surface area contributed by atoms with Crippen LogP contribution in [-0.4, -0.2) is 67.6 Å². The van der Waals surface area contributed by atoms with Crippen molar-refractivity contribution >= 4 is 33.5 Å². The fraction of sp³-hybridized carbons (Fsp3) is 0.444. The molecule has 0 radical (unpaired) electrons. The van der Waals surface area contributed by atoms with Gasteiger partial charge < -0.3 is 11.1 Å². The number of hydrogen-bond acceptors (Lipinski definition) is 8. The van der Waals surface area contributed by atoms with Gasteiger partial charge in [-0.2, -0.15) is 0 Å². The number of nitrogens with two attached hydrogens (primary N) is 1. The summed E-state index contributed by atoms with van der Waals surface area (Å²) in [5, 5.41) is 4.42. The van der Waals surface area contributed by atoms with Gasteiger partial charge in [-0.3, -0.25) is 29.4 Å². The molecule has 29 heavy (non-hydrogen) atoms. The van der Waals surface area contributed by atoms with Crippen LogP contribution in [0.15, 0.2) is 18.2 Å². The normalized spacial score (nSPS) is 20.6. The van der Waals surface area contributed by atoms with Crippen molar-refractivity contribution in [3.8, 4) is 0 Å². The highest BCUT2D eigenvalue weighted by Crippen LogP contribution is 2.28. The fourth-order valence-corrected chi connectivity index (χ4v) is 4.19. The molecule has 156 valence electrons. The molecule has 10 nitrogen and oxygen atoms in total. The van der Waals surface area contributed by atoms with Crippen molar-refractivity contribution in [2.75, 3.05) is 19.3 Å². The second-order valence-electron chi connectivity index (χ2n) is 7.15. The van der Waals surface area contributed by atoms with Crippen molar-refractivity contribution < 1.29 is 27.6 Å². The topological polar surface area (TPSA) is 156 Å². The average molecular weight is 422 g/mol. The van der Waals surface area contributed by atoms with Crippen molar-refractivity contribution in [1.29, 1.82) is 0 Å². The number of nitrogens with zero attached hydrogens (tertiary/aromatic N) is 1. The van der Waals surface area contributed by atoms with Crippen LogP contribution >= 0.6 is 0 Å². The first-order valence-electron chi connectivity index (χ1n) is 9.07. The van der Waals surface area contributed by atoms with Gasteiger partial charge in [0.05, 0.1) is 16.4 Å². The highest BCUT2D eigenvalue weighted by molar-refractivity contribution is 7.91. The van der Waals surface area contributed by atoms with E-state index in [0.717, 1.165) is 11.2 Å². The molecule has 3 rings (SSSR count). The van der Waals surface area contributed by atoms with Gasteiger partial charge in [0.1, 0.15) is 6.04 Å². The monoisotopic (exact) mass is 422 g/mol. The Kier molecular flexibility index (Phi) is 5.82. The first kappa shape index (κ1) is 21.1. The molecular weight excluding hydrogens is 400 g/mol. The summed E-state index contributed by atoms with van der Waals surface area (Å²) in [6, 6.07) is 3.70. The molecule has 2 heterocycles. The number of fused-ring (bicyclic) bond motifs is 1. The van der Waals surface area contributed by atoms with Gasteiger partial charge in [-0.1, -0.05) is 6.07 Å². The van der Waals surface area contributed by atoms with Gasteiger partial charge in [0, 0.05) is 32.3 Å². The summed E-state index contributed by atoms with van der Waals surface area (Å²) in [6.07, 6.45) is 1.27. The lowest BCUT2D eigenvalue weighted by atomic mass is 10.0. The van der Waals surface area contributed by atoms with E-state index in [9.17, 15) is 27.6 Å². The number of piperidine rings is 1. The number of hydrogen-bond donors (Lipinski definition) is 3. The Labute approximate surface area is 167 Å². The highest BCUT2D eigenvalue weighted by atomic mass is 32.2. The van der Waals surface area contributed by atoms with E-state index in [4.69, 9.17) is 5.73 Å². The third-order valence-electron chi connectivity index (χ3n) is 5.07. The van der Waals surface area contributed by atoms with Gasteiger partial charge in [-0.15, -0.1) is 0 Å². The van der Waals surface area contributed by atoms with Gasteiger partial charge in [0.15, 0.2) is 9.84 Å². The summed E-state index contributed by atoms with van der Waals surface area (Å²) in [5.74, 6) is -2.25. The Morgan fingerprint density at radius 3 is 2.52 bits per heavy atom. The van der Waals surface area contributed by atoms with Crippen LogP contribution in [0.2, 0.25) is 0 Å². The molecule has 0 bridgehead atoms. The molecule has 1 aromatic carbocycles. The van der Waals surface area contributed by atoms with Crippen molar-refractivity contribution in [1.82, 2.24) is 15.5 Å². The minimum atomic E-state index is -3.28. The molecule has 11 heteroatoms. The van der Waals surface area contributed by atoms with E-state index in [1.807, 2.05) is 0 Å². The number of benzene rings is 1. The zero-order chi connectivity index (χ0) is 21.3. The van der Waals surface area contributed by atoms with E-state index < -0.39 is 44.8 Å². The van der Waals surface area contributed by atoms with Crippen LogP contribution < -0.4 is 16.4 Å². The van der Waals surface area contributed by atoms with Gasteiger partial charge in [-0.25, -0.2) is 8.42 Å². The Hall–Kier alpha value is -2.63. The summed E-state index contributed by atoms with van der Waals surface area (Å²) in [5.41, 5.74) is 6.54. The molecule has 2 atom stereocenters. The molecule has 1 fully saturated rings. The standard InChI is InChI=1S/C18H22N4O6S/c1-29(27,28)11(7-19)9-20-8-10-2-3-12-13(6-10)18(26)22(17(12)25)14-4-5-15(23)21-16(14)24/h2-3,6,11,14,20H,4-5,7-9,19H2,1H3,(H,21,23,24). The Bertz CT molecular complexity index is 990. The molecule has 0 saturated carbocycles. The number of rotatable bonds is 7. The van der Waals surface area contributed by atoms with Crippen molar-refractivity contribution in [2.24, 2.45) is 5.73 Å². The summed E-state index contributed by atoms with van der Waals surface area (Å²) in [4.78, 5) is 49.7. The number of carbonyl (C=O) groups excluding carboxylic acids is 4. The molecule has 1 aromatic rings. The summed E-state index contributed by atoms with van der Waals surface area (Å²) < 4.78 is 23.2. The molecule has 4 amide bonds. The van der Waals surface area contributed by atoms with E-state index in [2.05, 4.69) is 10.6 Å². The zero-order valence-electron chi connectivity index (χ0n) is 15.8. The predicted molar refractivity (Wildman–Crippen MR) is 103 cm³/mol. The third-order valence-corrected chi connectivity index (χ3v) is 6.64. The molecule has 4 N–H and O–H groups in total. The quantitative estimate of drug-likeness (QED) is 0.451. The van der Waals surface area contributed by atoms with Crippen LogP contribution in [0, 0.1) is 0 Å². The lowest BCUT2D eigenvalue weighted by Crippen LogP contribution is -2.54. The number of amides is 4. The fourth-order valence-electron chi connectivity index (χ4n) is 3.42. The lowest BCUT2D eigenvalue weighted by molar-refractivity contribution is -0.136. The molecule has 2 aliphatic rings. The number of nitrogens with one attached hydrogen (secondary N) is 2.